The van der Waals surface area contributed by atoms with Crippen molar-refractivity contribution in [3.05, 3.63) is 34.3 Å². The largest absolute Gasteiger partial charge is 0.384 e. The molecule has 5 heteroatoms. The van der Waals surface area contributed by atoms with Crippen LogP contribution in [-0.2, 0) is 0 Å². The van der Waals surface area contributed by atoms with Gasteiger partial charge in [0.2, 0.25) is 0 Å². The summed E-state index contributed by atoms with van der Waals surface area (Å²) in [5.74, 6) is 6.02. The van der Waals surface area contributed by atoms with E-state index in [9.17, 15) is 4.79 Å². The van der Waals surface area contributed by atoms with Crippen LogP contribution >= 0.6 is 23.4 Å². The number of amides is 1. The molecule has 1 aromatic rings. The molecule has 0 aliphatic carbocycles. The lowest BCUT2D eigenvalue weighted by Crippen LogP contribution is -2.36. The number of nitrogens with one attached hydrogen (secondary N) is 1. The Hall–Kier alpha value is -1.15. The SMILES string of the molecule is CCC(CSC)NC(=O)c1ccc(C#CCO)c(Cl)c1. The molecule has 1 atom stereocenters. The number of rotatable bonds is 5. The van der Waals surface area contributed by atoms with Crippen molar-refractivity contribution in [1.82, 2.24) is 5.32 Å². The van der Waals surface area contributed by atoms with Gasteiger partial charge in [0.25, 0.3) is 5.91 Å². The molecule has 1 amide bonds. The fourth-order valence-corrected chi connectivity index (χ4v) is 2.57. The summed E-state index contributed by atoms with van der Waals surface area (Å²) in [6, 6.07) is 5.14. The molecule has 108 valence electrons. The summed E-state index contributed by atoms with van der Waals surface area (Å²) in [5, 5.41) is 12.0. The highest BCUT2D eigenvalue weighted by Crippen LogP contribution is 2.17. The molecule has 1 aromatic carbocycles. The van der Waals surface area contributed by atoms with Crippen molar-refractivity contribution in [2.75, 3.05) is 18.6 Å². The van der Waals surface area contributed by atoms with E-state index >= 15 is 0 Å². The Morgan fingerprint density at radius 3 is 2.85 bits per heavy atom. The summed E-state index contributed by atoms with van der Waals surface area (Å²) >= 11 is 7.78. The van der Waals surface area contributed by atoms with E-state index in [4.69, 9.17) is 16.7 Å². The van der Waals surface area contributed by atoms with Crippen molar-refractivity contribution in [3.63, 3.8) is 0 Å². The van der Waals surface area contributed by atoms with Gasteiger partial charge in [-0.3, -0.25) is 4.79 Å². The average Bonchev–Trinajstić information content (AvgIpc) is 2.45. The maximum Gasteiger partial charge on any atom is 0.251 e. The first-order valence-electron chi connectivity index (χ1n) is 6.31. The van der Waals surface area contributed by atoms with Crippen LogP contribution in [0.2, 0.25) is 5.02 Å². The molecule has 0 spiro atoms. The smallest absolute Gasteiger partial charge is 0.251 e. The number of thioether (sulfide) groups is 1. The number of carbonyl (C=O) groups excluding carboxylic acids is 1. The van der Waals surface area contributed by atoms with Crippen LogP contribution in [0.15, 0.2) is 18.2 Å². The molecule has 1 rings (SSSR count). The number of carbonyl (C=O) groups is 1. The molecule has 0 saturated heterocycles. The molecular weight excluding hydrogens is 294 g/mol. The first-order valence-corrected chi connectivity index (χ1v) is 8.08. The van der Waals surface area contributed by atoms with E-state index in [0.29, 0.717) is 16.1 Å². The molecule has 20 heavy (non-hydrogen) atoms. The molecule has 0 radical (unpaired) electrons. The quantitative estimate of drug-likeness (QED) is 0.822. The molecule has 0 heterocycles. The fourth-order valence-electron chi connectivity index (χ4n) is 1.62. The van der Waals surface area contributed by atoms with Gasteiger partial charge in [0.15, 0.2) is 0 Å². The Labute approximate surface area is 129 Å². The van der Waals surface area contributed by atoms with Gasteiger partial charge in [-0.2, -0.15) is 11.8 Å². The van der Waals surface area contributed by atoms with Gasteiger partial charge in [0.1, 0.15) is 6.61 Å². The summed E-state index contributed by atoms with van der Waals surface area (Å²) in [5.41, 5.74) is 1.12. The second kappa shape index (κ2) is 8.91. The molecule has 1 unspecified atom stereocenters. The van der Waals surface area contributed by atoms with Crippen molar-refractivity contribution >= 4 is 29.3 Å². The van der Waals surface area contributed by atoms with Gasteiger partial charge in [-0.15, -0.1) is 0 Å². The van der Waals surface area contributed by atoms with E-state index < -0.39 is 0 Å². The minimum atomic E-state index is -0.217. The van der Waals surface area contributed by atoms with Crippen LogP contribution in [0.1, 0.15) is 29.3 Å². The van der Waals surface area contributed by atoms with Crippen LogP contribution in [0, 0.1) is 11.8 Å². The van der Waals surface area contributed by atoms with Gasteiger partial charge >= 0.3 is 0 Å². The zero-order valence-electron chi connectivity index (χ0n) is 11.6. The number of halogens is 1. The highest BCUT2D eigenvalue weighted by atomic mass is 35.5. The minimum Gasteiger partial charge on any atom is -0.384 e. The lowest BCUT2D eigenvalue weighted by molar-refractivity contribution is 0.0940. The standard InChI is InChI=1S/C15H18ClNO2S/c1-3-13(10-20-2)17-15(19)12-7-6-11(5-4-8-18)14(16)9-12/h6-7,9,13,18H,3,8,10H2,1-2H3,(H,17,19). The molecule has 0 bridgehead atoms. The van der Waals surface area contributed by atoms with E-state index in [-0.39, 0.29) is 18.6 Å². The maximum absolute atomic E-state index is 12.1. The summed E-state index contributed by atoms with van der Waals surface area (Å²) in [6.07, 6.45) is 2.90. The number of aliphatic hydroxyl groups is 1. The number of hydrogen-bond acceptors (Lipinski definition) is 3. The predicted octanol–water partition coefficient (Wildman–Crippen LogP) is 2.56. The molecule has 2 N–H and O–H groups in total. The van der Waals surface area contributed by atoms with Crippen LogP contribution in [0.5, 0.6) is 0 Å². The first kappa shape index (κ1) is 16.9. The lowest BCUT2D eigenvalue weighted by Gasteiger charge is -2.15. The van der Waals surface area contributed by atoms with E-state index in [2.05, 4.69) is 17.2 Å². The zero-order valence-corrected chi connectivity index (χ0v) is 13.1. The number of aliphatic hydroxyl groups excluding tert-OH is 1. The number of benzene rings is 1. The average molecular weight is 312 g/mol. The highest BCUT2D eigenvalue weighted by Gasteiger charge is 2.12. The third kappa shape index (κ3) is 5.09. The highest BCUT2D eigenvalue weighted by molar-refractivity contribution is 7.98. The van der Waals surface area contributed by atoms with Gasteiger partial charge in [-0.05, 0) is 30.9 Å². The molecule has 0 aliphatic rings. The second-order valence-corrected chi connectivity index (χ2v) is 5.51. The summed E-state index contributed by atoms with van der Waals surface area (Å²) in [6.45, 7) is 1.83. The number of hydrogen-bond donors (Lipinski definition) is 2. The van der Waals surface area contributed by atoms with Gasteiger partial charge in [-0.25, -0.2) is 0 Å². The van der Waals surface area contributed by atoms with E-state index in [1.165, 1.54) is 0 Å². The van der Waals surface area contributed by atoms with Gasteiger partial charge < -0.3 is 10.4 Å². The summed E-state index contributed by atoms with van der Waals surface area (Å²) in [4.78, 5) is 12.1. The Morgan fingerprint density at radius 1 is 1.55 bits per heavy atom. The Morgan fingerprint density at radius 2 is 2.30 bits per heavy atom. The molecule has 0 aromatic heterocycles. The fraction of sp³-hybridized carbons (Fsp3) is 0.400. The molecule has 3 nitrogen and oxygen atoms in total. The predicted molar refractivity (Wildman–Crippen MR) is 85.3 cm³/mol. The first-order chi connectivity index (χ1) is 9.62. The normalized spacial score (nSPS) is 11.4. The van der Waals surface area contributed by atoms with Gasteiger partial charge in [0, 0.05) is 22.9 Å². The monoisotopic (exact) mass is 311 g/mol. The lowest BCUT2D eigenvalue weighted by atomic mass is 10.1. The van der Waals surface area contributed by atoms with E-state index in [1.807, 2.05) is 13.2 Å². The van der Waals surface area contributed by atoms with Crippen LogP contribution in [0.4, 0.5) is 0 Å². The minimum absolute atomic E-state index is 0.130. The molecule has 0 saturated carbocycles. The van der Waals surface area contributed by atoms with Crippen LogP contribution in [0.3, 0.4) is 0 Å². The molecular formula is C15H18ClNO2S. The van der Waals surface area contributed by atoms with Gasteiger partial charge in [0.05, 0.1) is 5.02 Å². The maximum atomic E-state index is 12.1. The summed E-state index contributed by atoms with van der Waals surface area (Å²) in [7, 11) is 0. The molecule has 0 aliphatic heterocycles. The third-order valence-corrected chi connectivity index (χ3v) is 3.78. The van der Waals surface area contributed by atoms with Crippen LogP contribution in [0.25, 0.3) is 0 Å². The van der Waals surface area contributed by atoms with Crippen molar-refractivity contribution in [1.29, 1.82) is 0 Å². The summed E-state index contributed by atoms with van der Waals surface area (Å²) < 4.78 is 0. The Bertz CT molecular complexity index is 522. The second-order valence-electron chi connectivity index (χ2n) is 4.19. The zero-order chi connectivity index (χ0) is 15.0. The third-order valence-electron chi connectivity index (χ3n) is 2.73. The van der Waals surface area contributed by atoms with E-state index in [0.717, 1.165) is 12.2 Å². The van der Waals surface area contributed by atoms with E-state index in [1.54, 1.807) is 30.0 Å². The van der Waals surface area contributed by atoms with Crippen molar-refractivity contribution in [2.45, 2.75) is 19.4 Å². The van der Waals surface area contributed by atoms with Gasteiger partial charge in [-0.1, -0.05) is 30.4 Å². The van der Waals surface area contributed by atoms with Crippen molar-refractivity contribution in [2.24, 2.45) is 0 Å². The van der Waals surface area contributed by atoms with Crippen molar-refractivity contribution in [3.8, 4) is 11.8 Å². The topological polar surface area (TPSA) is 49.3 Å². The Balaban J connectivity index is 2.81. The Kier molecular flexibility index (Phi) is 7.53. The molecule has 0 fully saturated rings. The van der Waals surface area contributed by atoms with Crippen molar-refractivity contribution < 1.29 is 9.90 Å². The van der Waals surface area contributed by atoms with Crippen LogP contribution in [-0.4, -0.2) is 35.7 Å². The van der Waals surface area contributed by atoms with Crippen LogP contribution < -0.4 is 5.32 Å².